The molecule has 10 heteroatoms. The normalized spacial score (nSPS) is 16.4. The highest BCUT2D eigenvalue weighted by atomic mass is 16.5. The van der Waals surface area contributed by atoms with Crippen LogP contribution < -0.4 is 20.1 Å². The number of hydrogen-bond donors (Lipinski definition) is 2. The monoisotopic (exact) mass is 529 g/mol. The number of nitrogens with zero attached hydrogens (tertiary/aromatic N) is 1. The molecule has 1 unspecified atom stereocenters. The van der Waals surface area contributed by atoms with Crippen molar-refractivity contribution in [3.8, 4) is 17.2 Å². The predicted molar refractivity (Wildman–Crippen MR) is 141 cm³/mol. The Bertz CT molecular complexity index is 1450. The number of carbonyl (C=O) groups excluding carboxylic acids is 4. The molecule has 3 aromatic rings. The van der Waals surface area contributed by atoms with Crippen molar-refractivity contribution >= 4 is 29.5 Å². The van der Waals surface area contributed by atoms with E-state index in [1.165, 1.54) is 12.0 Å². The number of methoxy groups -OCH3 is 1. The largest absolute Gasteiger partial charge is 0.495 e. The first-order valence-electron chi connectivity index (χ1n) is 12.4. The van der Waals surface area contributed by atoms with Crippen LogP contribution in [0.1, 0.15) is 39.9 Å². The van der Waals surface area contributed by atoms with Gasteiger partial charge in [-0.3, -0.25) is 25.0 Å². The summed E-state index contributed by atoms with van der Waals surface area (Å²) < 4.78 is 16.7. The summed E-state index contributed by atoms with van der Waals surface area (Å²) in [6.45, 7) is 2.07. The highest BCUT2D eigenvalue weighted by molar-refractivity contribution is 6.06. The molecule has 0 aromatic heterocycles. The van der Waals surface area contributed by atoms with E-state index in [9.17, 15) is 19.2 Å². The van der Waals surface area contributed by atoms with Crippen LogP contribution in [0.25, 0.3) is 0 Å². The molecule has 1 fully saturated rings. The van der Waals surface area contributed by atoms with Gasteiger partial charge in [-0.25, -0.2) is 4.79 Å². The van der Waals surface area contributed by atoms with Crippen LogP contribution in [0, 0.1) is 6.92 Å². The van der Waals surface area contributed by atoms with E-state index in [1.807, 2.05) is 31.2 Å². The molecule has 0 bridgehead atoms. The average molecular weight is 530 g/mol. The van der Waals surface area contributed by atoms with Crippen LogP contribution in [0.5, 0.6) is 17.2 Å². The molecule has 200 valence electrons. The average Bonchev–Trinajstić information content (AvgIpc) is 3.24. The molecule has 2 aliphatic heterocycles. The van der Waals surface area contributed by atoms with Crippen LogP contribution in [0.15, 0.2) is 60.7 Å². The van der Waals surface area contributed by atoms with E-state index in [4.69, 9.17) is 14.2 Å². The lowest BCUT2D eigenvalue weighted by atomic mass is 10.0. The Kier molecular flexibility index (Phi) is 7.18. The molecule has 1 atom stereocenters. The van der Waals surface area contributed by atoms with Gasteiger partial charge in [0.25, 0.3) is 5.91 Å². The molecule has 0 saturated carbocycles. The molecular formula is C29H27N3O7. The highest BCUT2D eigenvalue weighted by Crippen LogP contribution is 2.36. The standard InChI is InChI=1S/C29H27N3O7/c1-17-4-3-5-22(14-17)39-21-10-8-20(9-11-21)30-29(36)38-16-19-7-6-18-15-32(28(35)25(18)26(19)37-2)23-12-13-24(33)31-27(23)34/h3-11,14,23H,12-13,15-16H2,1-2H3,(H,30,36)(H,31,33,34). The van der Waals surface area contributed by atoms with Crippen LogP contribution >= 0.6 is 0 Å². The van der Waals surface area contributed by atoms with E-state index in [0.717, 1.165) is 11.3 Å². The molecule has 2 aliphatic rings. The topological polar surface area (TPSA) is 123 Å². The Labute approximate surface area is 224 Å². The summed E-state index contributed by atoms with van der Waals surface area (Å²) in [6, 6.07) is 17.3. The first-order chi connectivity index (χ1) is 18.8. The molecule has 2 heterocycles. The van der Waals surface area contributed by atoms with Crippen molar-refractivity contribution in [2.24, 2.45) is 0 Å². The fourth-order valence-corrected chi connectivity index (χ4v) is 4.73. The third kappa shape index (κ3) is 5.54. The summed E-state index contributed by atoms with van der Waals surface area (Å²) in [4.78, 5) is 51.0. The quantitative estimate of drug-likeness (QED) is 0.437. The van der Waals surface area contributed by atoms with Gasteiger partial charge in [-0.05, 0) is 60.9 Å². The summed E-state index contributed by atoms with van der Waals surface area (Å²) in [5.41, 5.74) is 3.14. The number of carbonyl (C=O) groups is 4. The third-order valence-electron chi connectivity index (χ3n) is 6.62. The van der Waals surface area contributed by atoms with Gasteiger partial charge in [-0.2, -0.15) is 0 Å². The van der Waals surface area contributed by atoms with Crippen LogP contribution in [-0.4, -0.2) is 41.9 Å². The number of imide groups is 1. The summed E-state index contributed by atoms with van der Waals surface area (Å²) >= 11 is 0. The van der Waals surface area contributed by atoms with E-state index in [2.05, 4.69) is 10.6 Å². The Balaban J connectivity index is 1.21. The molecule has 10 nitrogen and oxygen atoms in total. The number of hydrogen-bond acceptors (Lipinski definition) is 7. The van der Waals surface area contributed by atoms with Gasteiger partial charge in [0.15, 0.2) is 0 Å². The van der Waals surface area contributed by atoms with Gasteiger partial charge in [-0.1, -0.05) is 24.3 Å². The molecule has 0 radical (unpaired) electrons. The molecule has 3 aromatic carbocycles. The van der Waals surface area contributed by atoms with Crippen molar-refractivity contribution in [2.75, 3.05) is 12.4 Å². The minimum absolute atomic E-state index is 0.136. The van der Waals surface area contributed by atoms with Crippen LogP contribution in [0.2, 0.25) is 0 Å². The van der Waals surface area contributed by atoms with Gasteiger partial charge in [-0.15, -0.1) is 0 Å². The van der Waals surface area contributed by atoms with E-state index in [1.54, 1.807) is 36.4 Å². The maximum Gasteiger partial charge on any atom is 0.411 e. The number of ether oxygens (including phenoxy) is 3. The van der Waals surface area contributed by atoms with Crippen molar-refractivity contribution in [1.82, 2.24) is 10.2 Å². The maximum atomic E-state index is 13.2. The van der Waals surface area contributed by atoms with Gasteiger partial charge in [0.1, 0.15) is 29.9 Å². The summed E-state index contributed by atoms with van der Waals surface area (Å²) in [5.74, 6) is 0.437. The Morgan fingerprint density at radius 3 is 2.56 bits per heavy atom. The van der Waals surface area contributed by atoms with Crippen LogP contribution in [0.4, 0.5) is 10.5 Å². The second-order valence-corrected chi connectivity index (χ2v) is 9.34. The molecule has 5 rings (SSSR count). The number of amides is 4. The van der Waals surface area contributed by atoms with E-state index < -0.39 is 18.0 Å². The summed E-state index contributed by atoms with van der Waals surface area (Å²) in [5, 5.41) is 4.95. The summed E-state index contributed by atoms with van der Waals surface area (Å²) in [7, 11) is 1.43. The van der Waals surface area contributed by atoms with Gasteiger partial charge in [0.2, 0.25) is 11.8 Å². The van der Waals surface area contributed by atoms with E-state index >= 15 is 0 Å². The number of rotatable bonds is 7. The zero-order valence-corrected chi connectivity index (χ0v) is 21.5. The lowest BCUT2D eigenvalue weighted by molar-refractivity contribution is -0.136. The fraction of sp³-hybridized carbons (Fsp3) is 0.241. The molecular weight excluding hydrogens is 502 g/mol. The van der Waals surface area contributed by atoms with Crippen molar-refractivity contribution in [3.63, 3.8) is 0 Å². The van der Waals surface area contributed by atoms with Crippen molar-refractivity contribution in [2.45, 2.75) is 39.0 Å². The minimum Gasteiger partial charge on any atom is -0.495 e. The van der Waals surface area contributed by atoms with E-state index in [-0.39, 0.29) is 43.6 Å². The molecule has 4 amide bonds. The lowest BCUT2D eigenvalue weighted by Gasteiger charge is -2.29. The number of piperidine rings is 1. The summed E-state index contributed by atoms with van der Waals surface area (Å²) in [6.07, 6.45) is -0.243. The van der Waals surface area contributed by atoms with Gasteiger partial charge in [0.05, 0.1) is 12.7 Å². The molecule has 39 heavy (non-hydrogen) atoms. The molecule has 0 spiro atoms. The lowest BCUT2D eigenvalue weighted by Crippen LogP contribution is -2.52. The molecule has 1 saturated heterocycles. The highest BCUT2D eigenvalue weighted by Gasteiger charge is 2.41. The predicted octanol–water partition coefficient (Wildman–Crippen LogP) is 4.31. The fourth-order valence-electron chi connectivity index (χ4n) is 4.73. The SMILES string of the molecule is COc1c(COC(=O)Nc2ccc(Oc3cccc(C)c3)cc2)ccc2c1C(=O)N(C1CCC(=O)NC1=O)C2. The number of benzene rings is 3. The molecule has 2 N–H and O–H groups in total. The first kappa shape index (κ1) is 25.8. The smallest absolute Gasteiger partial charge is 0.411 e. The minimum atomic E-state index is -0.730. The van der Waals surface area contributed by atoms with E-state index in [0.29, 0.717) is 28.1 Å². The number of aryl methyl sites for hydroxylation is 1. The van der Waals surface area contributed by atoms with Crippen molar-refractivity contribution in [1.29, 1.82) is 0 Å². The second-order valence-electron chi connectivity index (χ2n) is 9.34. The van der Waals surface area contributed by atoms with Gasteiger partial charge >= 0.3 is 6.09 Å². The Hall–Kier alpha value is -4.86. The third-order valence-corrected chi connectivity index (χ3v) is 6.62. The van der Waals surface area contributed by atoms with Gasteiger partial charge in [0, 0.05) is 24.2 Å². The number of fused-ring (bicyclic) bond motifs is 1. The second kappa shape index (κ2) is 10.9. The van der Waals surface area contributed by atoms with Crippen molar-refractivity contribution < 1.29 is 33.4 Å². The maximum absolute atomic E-state index is 13.2. The zero-order valence-electron chi connectivity index (χ0n) is 21.5. The first-order valence-corrected chi connectivity index (χ1v) is 12.4. The van der Waals surface area contributed by atoms with Crippen molar-refractivity contribution in [3.05, 3.63) is 82.9 Å². The van der Waals surface area contributed by atoms with Crippen LogP contribution in [0.3, 0.4) is 0 Å². The Morgan fingerprint density at radius 1 is 1.05 bits per heavy atom. The Morgan fingerprint density at radius 2 is 1.85 bits per heavy atom. The van der Waals surface area contributed by atoms with Crippen LogP contribution in [-0.2, 0) is 27.5 Å². The zero-order chi connectivity index (χ0) is 27.5. The molecule has 0 aliphatic carbocycles. The number of nitrogens with one attached hydrogen (secondary N) is 2. The number of anilines is 1. The van der Waals surface area contributed by atoms with Gasteiger partial charge < -0.3 is 19.1 Å².